The van der Waals surface area contributed by atoms with Crippen LogP contribution in [-0.2, 0) is 0 Å². The van der Waals surface area contributed by atoms with Gasteiger partial charge in [-0.25, -0.2) is 9.67 Å². The smallest absolute Gasteiger partial charge is 0.270 e. The van der Waals surface area contributed by atoms with Crippen molar-refractivity contribution in [1.29, 1.82) is 0 Å². The summed E-state index contributed by atoms with van der Waals surface area (Å²) in [7, 11) is 0. The third kappa shape index (κ3) is 3.42. The number of amides is 1. The molecule has 0 saturated carbocycles. The fraction of sp³-hybridized carbons (Fsp3) is 0.357. The molecule has 0 aromatic carbocycles. The molecule has 2 aromatic heterocycles. The van der Waals surface area contributed by atoms with Gasteiger partial charge < -0.3 is 10.4 Å². The molecule has 2 heterocycles. The molecule has 0 aliphatic carbocycles. The maximum atomic E-state index is 12.0. The number of nitrogens with zero attached hydrogens (tertiary/aromatic N) is 3. The van der Waals surface area contributed by atoms with Gasteiger partial charge in [0.15, 0.2) is 5.82 Å². The largest absolute Gasteiger partial charge is 0.391 e. The first-order valence-corrected chi connectivity index (χ1v) is 6.51. The Bertz CT molecular complexity index is 566. The second kappa shape index (κ2) is 6.29. The van der Waals surface area contributed by atoms with Crippen molar-refractivity contribution in [3.8, 4) is 5.82 Å². The molecule has 0 bridgehead atoms. The lowest BCUT2D eigenvalue weighted by Gasteiger charge is -2.14. The fourth-order valence-corrected chi connectivity index (χ4v) is 1.61. The molecule has 0 saturated heterocycles. The highest BCUT2D eigenvalue weighted by Gasteiger charge is 2.13. The Balaban J connectivity index is 2.05. The van der Waals surface area contributed by atoms with E-state index in [1.54, 1.807) is 41.3 Å². The zero-order valence-electron chi connectivity index (χ0n) is 11.5. The number of nitrogens with one attached hydrogen (secondary N) is 1. The molecule has 0 spiro atoms. The Morgan fingerprint density at radius 2 is 2.20 bits per heavy atom. The predicted octanol–water partition coefficient (Wildman–Crippen LogP) is 1.01. The molecule has 0 fully saturated rings. The van der Waals surface area contributed by atoms with E-state index in [1.807, 2.05) is 13.8 Å². The van der Waals surface area contributed by atoms with E-state index in [4.69, 9.17) is 0 Å². The highest BCUT2D eigenvalue weighted by Crippen LogP contribution is 2.05. The molecule has 1 amide bonds. The average molecular weight is 274 g/mol. The number of aliphatic hydroxyl groups excluding tert-OH is 1. The van der Waals surface area contributed by atoms with Crippen LogP contribution in [0.1, 0.15) is 24.3 Å². The van der Waals surface area contributed by atoms with E-state index in [0.717, 1.165) is 0 Å². The molecule has 2 N–H and O–H groups in total. The van der Waals surface area contributed by atoms with Crippen molar-refractivity contribution in [2.45, 2.75) is 20.0 Å². The van der Waals surface area contributed by atoms with E-state index in [2.05, 4.69) is 15.4 Å². The van der Waals surface area contributed by atoms with E-state index in [1.165, 1.54) is 0 Å². The first kappa shape index (κ1) is 14.2. The second-order valence-corrected chi connectivity index (χ2v) is 4.85. The lowest BCUT2D eigenvalue weighted by Crippen LogP contribution is -2.35. The van der Waals surface area contributed by atoms with Gasteiger partial charge in [-0.3, -0.25) is 4.79 Å². The Kier molecular flexibility index (Phi) is 4.47. The van der Waals surface area contributed by atoms with E-state index >= 15 is 0 Å². The van der Waals surface area contributed by atoms with Gasteiger partial charge in [-0.05, 0) is 24.1 Å². The average Bonchev–Trinajstić information content (AvgIpc) is 2.98. The van der Waals surface area contributed by atoms with Crippen molar-refractivity contribution in [3.63, 3.8) is 0 Å². The molecule has 106 valence electrons. The van der Waals surface area contributed by atoms with Crippen molar-refractivity contribution < 1.29 is 9.90 Å². The SMILES string of the molecule is CC(C)C(O)CNC(=O)c1cccc(-n2cccn2)n1. The molecule has 6 nitrogen and oxygen atoms in total. The van der Waals surface area contributed by atoms with Crippen LogP contribution < -0.4 is 5.32 Å². The standard InChI is InChI=1S/C14H18N4O2/c1-10(2)12(19)9-15-14(20)11-5-3-6-13(17-11)18-8-4-7-16-18/h3-8,10,12,19H,9H2,1-2H3,(H,15,20). The lowest BCUT2D eigenvalue weighted by atomic mass is 10.1. The van der Waals surface area contributed by atoms with Gasteiger partial charge in [0, 0.05) is 18.9 Å². The van der Waals surface area contributed by atoms with Crippen molar-refractivity contribution in [1.82, 2.24) is 20.1 Å². The monoisotopic (exact) mass is 274 g/mol. The summed E-state index contributed by atoms with van der Waals surface area (Å²) in [6, 6.07) is 6.93. The van der Waals surface area contributed by atoms with Gasteiger partial charge in [0.25, 0.3) is 5.91 Å². The Hall–Kier alpha value is -2.21. The van der Waals surface area contributed by atoms with Gasteiger partial charge in [0.1, 0.15) is 5.69 Å². The van der Waals surface area contributed by atoms with E-state index in [-0.39, 0.29) is 18.4 Å². The zero-order valence-corrected chi connectivity index (χ0v) is 11.5. The molecule has 2 rings (SSSR count). The molecule has 20 heavy (non-hydrogen) atoms. The van der Waals surface area contributed by atoms with Crippen LogP contribution in [0.15, 0.2) is 36.7 Å². The normalized spacial score (nSPS) is 12.4. The summed E-state index contributed by atoms with van der Waals surface area (Å²) in [6.45, 7) is 4.00. The minimum Gasteiger partial charge on any atom is -0.391 e. The summed E-state index contributed by atoms with van der Waals surface area (Å²) in [5, 5.41) is 16.4. The number of rotatable bonds is 5. The van der Waals surface area contributed by atoms with Crippen LogP contribution >= 0.6 is 0 Å². The van der Waals surface area contributed by atoms with E-state index in [9.17, 15) is 9.90 Å². The minimum atomic E-state index is -0.562. The van der Waals surface area contributed by atoms with Gasteiger partial charge in [-0.15, -0.1) is 0 Å². The van der Waals surface area contributed by atoms with E-state index < -0.39 is 6.10 Å². The summed E-state index contributed by atoms with van der Waals surface area (Å²) >= 11 is 0. The number of hydrogen-bond acceptors (Lipinski definition) is 4. The summed E-state index contributed by atoms with van der Waals surface area (Å²) in [4.78, 5) is 16.2. The number of carbonyl (C=O) groups is 1. The molecule has 6 heteroatoms. The molecule has 2 aromatic rings. The van der Waals surface area contributed by atoms with Gasteiger partial charge >= 0.3 is 0 Å². The van der Waals surface area contributed by atoms with Gasteiger partial charge in [-0.2, -0.15) is 5.10 Å². The minimum absolute atomic E-state index is 0.0960. The number of hydrogen-bond donors (Lipinski definition) is 2. The van der Waals surface area contributed by atoms with Crippen LogP contribution in [0.4, 0.5) is 0 Å². The molecule has 0 aliphatic rings. The van der Waals surface area contributed by atoms with Gasteiger partial charge in [0.2, 0.25) is 0 Å². The number of aliphatic hydroxyl groups is 1. The van der Waals surface area contributed by atoms with Crippen molar-refractivity contribution in [3.05, 3.63) is 42.4 Å². The van der Waals surface area contributed by atoms with Crippen LogP contribution in [-0.4, -0.2) is 38.4 Å². The second-order valence-electron chi connectivity index (χ2n) is 4.85. The summed E-state index contributed by atoms with van der Waals surface area (Å²) in [6.07, 6.45) is 2.84. The van der Waals surface area contributed by atoms with Crippen LogP contribution in [0.25, 0.3) is 5.82 Å². The summed E-state index contributed by atoms with van der Waals surface area (Å²) in [5.74, 6) is 0.365. The van der Waals surface area contributed by atoms with Gasteiger partial charge in [-0.1, -0.05) is 19.9 Å². The maximum Gasteiger partial charge on any atom is 0.270 e. The van der Waals surface area contributed by atoms with Crippen LogP contribution in [0.5, 0.6) is 0 Å². The number of pyridine rings is 1. The highest BCUT2D eigenvalue weighted by molar-refractivity contribution is 5.92. The van der Waals surface area contributed by atoms with Crippen LogP contribution in [0.3, 0.4) is 0 Å². The Labute approximate surface area is 117 Å². The highest BCUT2D eigenvalue weighted by atomic mass is 16.3. The lowest BCUT2D eigenvalue weighted by molar-refractivity contribution is 0.0867. The Morgan fingerprint density at radius 1 is 1.40 bits per heavy atom. The summed E-state index contributed by atoms with van der Waals surface area (Å²) in [5.41, 5.74) is 0.300. The molecular formula is C14H18N4O2. The van der Waals surface area contributed by atoms with Crippen LogP contribution in [0, 0.1) is 5.92 Å². The zero-order chi connectivity index (χ0) is 14.5. The first-order chi connectivity index (χ1) is 9.58. The number of aromatic nitrogens is 3. The van der Waals surface area contributed by atoms with Crippen molar-refractivity contribution in [2.24, 2.45) is 5.92 Å². The molecule has 0 aliphatic heterocycles. The molecular weight excluding hydrogens is 256 g/mol. The maximum absolute atomic E-state index is 12.0. The third-order valence-corrected chi connectivity index (χ3v) is 2.95. The molecule has 0 radical (unpaired) electrons. The van der Waals surface area contributed by atoms with E-state index in [0.29, 0.717) is 11.5 Å². The molecule has 1 unspecified atom stereocenters. The Morgan fingerprint density at radius 3 is 2.85 bits per heavy atom. The predicted molar refractivity (Wildman–Crippen MR) is 74.5 cm³/mol. The van der Waals surface area contributed by atoms with Crippen LogP contribution in [0.2, 0.25) is 0 Å². The quantitative estimate of drug-likeness (QED) is 0.853. The summed E-state index contributed by atoms with van der Waals surface area (Å²) < 4.78 is 1.58. The topological polar surface area (TPSA) is 80.0 Å². The van der Waals surface area contributed by atoms with Crippen molar-refractivity contribution >= 4 is 5.91 Å². The first-order valence-electron chi connectivity index (χ1n) is 6.51. The number of carbonyl (C=O) groups excluding carboxylic acids is 1. The van der Waals surface area contributed by atoms with Crippen molar-refractivity contribution in [2.75, 3.05) is 6.54 Å². The third-order valence-electron chi connectivity index (χ3n) is 2.95. The van der Waals surface area contributed by atoms with Gasteiger partial charge in [0.05, 0.1) is 6.10 Å². The molecule has 1 atom stereocenters. The fourth-order valence-electron chi connectivity index (χ4n) is 1.61.